The maximum Gasteiger partial charge on any atom is 0.265 e. The van der Waals surface area contributed by atoms with E-state index in [-0.39, 0.29) is 39.6 Å². The third kappa shape index (κ3) is 8.11. The van der Waals surface area contributed by atoms with Gasteiger partial charge in [-0.05, 0) is 48.7 Å². The van der Waals surface area contributed by atoms with Gasteiger partial charge in [0.1, 0.15) is 18.3 Å². The van der Waals surface area contributed by atoms with E-state index >= 15 is 0 Å². The third-order valence-corrected chi connectivity index (χ3v) is 8.75. The van der Waals surface area contributed by atoms with Gasteiger partial charge in [0, 0.05) is 24.2 Å². The second-order valence-electron chi connectivity index (χ2n) is 9.57. The van der Waals surface area contributed by atoms with Gasteiger partial charge in [0.05, 0.1) is 31.9 Å². The third-order valence-electron chi connectivity index (χ3n) is 6.76. The van der Waals surface area contributed by atoms with Crippen LogP contribution in [0.3, 0.4) is 0 Å². The standard InChI is InChI=1S/C31H38ClN3O7S/c1-6-17-33-31(37)25(7-2)34(20-22-11-9-8-10-12-22)30(36)21-35(26-18-23(32)13-15-27(26)40-3)43(38,39)24-14-16-28(41-4)29(19-24)42-5/h8-16,18-19,25H,6-7,17,20-21H2,1-5H3,(H,33,37)/t25-/m1/s1. The van der Waals surface area contributed by atoms with Gasteiger partial charge in [-0.3, -0.25) is 13.9 Å². The van der Waals surface area contributed by atoms with Crippen LogP contribution in [-0.4, -0.2) is 65.6 Å². The van der Waals surface area contributed by atoms with Crippen LogP contribution in [0.2, 0.25) is 5.02 Å². The maximum absolute atomic E-state index is 14.3. The van der Waals surface area contributed by atoms with Crippen LogP contribution in [0.1, 0.15) is 32.3 Å². The summed E-state index contributed by atoms with van der Waals surface area (Å²) < 4.78 is 45.6. The molecule has 1 atom stereocenters. The lowest BCUT2D eigenvalue weighted by Gasteiger charge is -2.33. The summed E-state index contributed by atoms with van der Waals surface area (Å²) in [5, 5.41) is 3.11. The van der Waals surface area contributed by atoms with Crippen LogP contribution >= 0.6 is 11.6 Å². The van der Waals surface area contributed by atoms with E-state index in [4.69, 9.17) is 25.8 Å². The minimum atomic E-state index is -4.42. The zero-order valence-electron chi connectivity index (χ0n) is 25.0. The summed E-state index contributed by atoms with van der Waals surface area (Å²) >= 11 is 6.31. The number of amides is 2. The molecule has 3 aromatic rings. The highest BCUT2D eigenvalue weighted by Crippen LogP contribution is 2.37. The Balaban J connectivity index is 2.15. The summed E-state index contributed by atoms with van der Waals surface area (Å²) in [6.07, 6.45) is 1.04. The van der Waals surface area contributed by atoms with E-state index in [1.54, 1.807) is 13.0 Å². The zero-order chi connectivity index (χ0) is 31.6. The van der Waals surface area contributed by atoms with Gasteiger partial charge < -0.3 is 24.4 Å². The lowest BCUT2D eigenvalue weighted by molar-refractivity contribution is -0.140. The molecule has 1 N–H and O–H groups in total. The van der Waals surface area contributed by atoms with Crippen molar-refractivity contribution < 1.29 is 32.2 Å². The normalized spacial score (nSPS) is 11.8. The van der Waals surface area contributed by atoms with E-state index in [2.05, 4.69) is 5.32 Å². The average Bonchev–Trinajstić information content (AvgIpc) is 3.02. The first-order chi connectivity index (χ1) is 20.6. The van der Waals surface area contributed by atoms with Crippen molar-refractivity contribution in [3.8, 4) is 17.2 Å². The van der Waals surface area contributed by atoms with Crippen molar-refractivity contribution in [3.05, 3.63) is 77.3 Å². The molecule has 10 nitrogen and oxygen atoms in total. The van der Waals surface area contributed by atoms with Crippen molar-refractivity contribution in [3.63, 3.8) is 0 Å². The van der Waals surface area contributed by atoms with Gasteiger partial charge in [0.2, 0.25) is 11.8 Å². The molecule has 0 spiro atoms. The highest BCUT2D eigenvalue weighted by Gasteiger charge is 2.35. The summed E-state index contributed by atoms with van der Waals surface area (Å²) in [5.74, 6) is -0.195. The van der Waals surface area contributed by atoms with Crippen molar-refractivity contribution in [2.45, 2.75) is 44.2 Å². The van der Waals surface area contributed by atoms with Crippen LogP contribution in [0, 0.1) is 0 Å². The summed E-state index contributed by atoms with van der Waals surface area (Å²) in [6, 6.07) is 17.0. The molecule has 12 heteroatoms. The molecule has 0 heterocycles. The van der Waals surface area contributed by atoms with Crippen molar-refractivity contribution in [1.82, 2.24) is 10.2 Å². The van der Waals surface area contributed by atoms with E-state index in [1.807, 2.05) is 37.3 Å². The highest BCUT2D eigenvalue weighted by atomic mass is 35.5. The number of nitrogens with zero attached hydrogens (tertiary/aromatic N) is 2. The van der Waals surface area contributed by atoms with Crippen molar-refractivity contribution in [1.29, 1.82) is 0 Å². The summed E-state index contributed by atoms with van der Waals surface area (Å²) in [5.41, 5.74) is 0.841. The second kappa shape index (κ2) is 15.5. The molecule has 0 aliphatic rings. The molecule has 3 rings (SSSR count). The van der Waals surface area contributed by atoms with Crippen molar-refractivity contribution >= 4 is 39.1 Å². The number of halogens is 1. The summed E-state index contributed by atoms with van der Waals surface area (Å²) in [7, 11) is -0.192. The molecule has 0 radical (unpaired) electrons. The first-order valence-corrected chi connectivity index (χ1v) is 15.6. The van der Waals surface area contributed by atoms with Gasteiger partial charge in [0.15, 0.2) is 11.5 Å². The van der Waals surface area contributed by atoms with Gasteiger partial charge in [0.25, 0.3) is 10.0 Å². The lowest BCUT2D eigenvalue weighted by Crippen LogP contribution is -2.52. The molecule has 0 saturated carbocycles. The number of methoxy groups -OCH3 is 3. The smallest absolute Gasteiger partial charge is 0.265 e. The molecule has 0 fully saturated rings. The van der Waals surface area contributed by atoms with Gasteiger partial charge in [-0.25, -0.2) is 8.42 Å². The number of ether oxygens (including phenoxy) is 3. The van der Waals surface area contributed by atoms with Crippen LogP contribution < -0.4 is 23.8 Å². The molecule has 0 aliphatic carbocycles. The summed E-state index contributed by atoms with van der Waals surface area (Å²) in [4.78, 5) is 28.7. The Labute approximate surface area is 258 Å². The molecule has 0 aliphatic heterocycles. The van der Waals surface area contributed by atoms with E-state index in [0.29, 0.717) is 18.7 Å². The number of nitrogens with one attached hydrogen (secondary N) is 1. The minimum Gasteiger partial charge on any atom is -0.495 e. The first kappa shape index (κ1) is 33.5. The topological polar surface area (TPSA) is 114 Å². The Hall–Kier alpha value is -3.96. The van der Waals surface area contributed by atoms with E-state index in [1.165, 1.54) is 56.6 Å². The highest BCUT2D eigenvalue weighted by molar-refractivity contribution is 7.92. The summed E-state index contributed by atoms with van der Waals surface area (Å²) in [6.45, 7) is 3.64. The predicted molar refractivity (Wildman–Crippen MR) is 166 cm³/mol. The Morgan fingerprint density at radius 3 is 2.14 bits per heavy atom. The van der Waals surface area contributed by atoms with E-state index in [0.717, 1.165) is 16.3 Å². The largest absolute Gasteiger partial charge is 0.495 e. The number of benzene rings is 3. The van der Waals surface area contributed by atoms with Crippen LogP contribution in [0.25, 0.3) is 0 Å². The Bertz CT molecular complexity index is 1500. The van der Waals surface area contributed by atoms with Gasteiger partial charge >= 0.3 is 0 Å². The molecule has 43 heavy (non-hydrogen) atoms. The quantitative estimate of drug-likeness (QED) is 0.254. The fourth-order valence-corrected chi connectivity index (χ4v) is 6.14. The number of anilines is 1. The van der Waals surface area contributed by atoms with Crippen molar-refractivity contribution in [2.24, 2.45) is 0 Å². The minimum absolute atomic E-state index is 0.0567. The van der Waals surface area contributed by atoms with E-state index in [9.17, 15) is 18.0 Å². The second-order valence-corrected chi connectivity index (χ2v) is 11.9. The fourth-order valence-electron chi connectivity index (χ4n) is 4.54. The fraction of sp³-hybridized carbons (Fsp3) is 0.355. The van der Waals surface area contributed by atoms with Crippen LogP contribution in [-0.2, 0) is 26.2 Å². The number of carbonyl (C=O) groups excluding carboxylic acids is 2. The van der Waals surface area contributed by atoms with Crippen LogP contribution in [0.4, 0.5) is 5.69 Å². The number of hydrogen-bond donors (Lipinski definition) is 1. The Kier molecular flexibility index (Phi) is 12.1. The number of carbonyl (C=O) groups is 2. The average molecular weight is 632 g/mol. The molecule has 0 saturated heterocycles. The Morgan fingerprint density at radius 1 is 0.884 bits per heavy atom. The SMILES string of the molecule is CCCNC(=O)[C@@H](CC)N(Cc1ccccc1)C(=O)CN(c1cc(Cl)ccc1OC)S(=O)(=O)c1ccc(OC)c(OC)c1. The number of sulfonamides is 1. The molecule has 0 unspecified atom stereocenters. The number of rotatable bonds is 15. The molecule has 0 aromatic heterocycles. The van der Waals surface area contributed by atoms with Gasteiger partial charge in [-0.2, -0.15) is 0 Å². The van der Waals surface area contributed by atoms with Crippen molar-refractivity contribution in [2.75, 3.05) is 38.7 Å². The Morgan fingerprint density at radius 2 is 1.53 bits per heavy atom. The molecule has 232 valence electrons. The molecular weight excluding hydrogens is 594 g/mol. The molecular formula is C31H38ClN3O7S. The van der Waals surface area contributed by atoms with E-state index < -0.39 is 28.5 Å². The lowest BCUT2D eigenvalue weighted by atomic mass is 10.1. The maximum atomic E-state index is 14.3. The van der Waals surface area contributed by atoms with Gasteiger partial charge in [-0.1, -0.05) is 55.8 Å². The van der Waals surface area contributed by atoms with Crippen LogP contribution in [0.15, 0.2) is 71.6 Å². The molecule has 3 aromatic carbocycles. The van der Waals surface area contributed by atoms with Gasteiger partial charge in [-0.15, -0.1) is 0 Å². The zero-order valence-corrected chi connectivity index (χ0v) is 26.6. The van der Waals surface area contributed by atoms with Crippen LogP contribution in [0.5, 0.6) is 17.2 Å². The molecule has 0 bridgehead atoms. The first-order valence-electron chi connectivity index (χ1n) is 13.8. The predicted octanol–water partition coefficient (Wildman–Crippen LogP) is 4.89. The monoisotopic (exact) mass is 631 g/mol. The molecule has 2 amide bonds. The number of hydrogen-bond acceptors (Lipinski definition) is 7.